The summed E-state index contributed by atoms with van der Waals surface area (Å²) in [4.78, 5) is 2.52. The van der Waals surface area contributed by atoms with Gasteiger partial charge in [-0.25, -0.2) is 0 Å². The number of aliphatic hydroxyl groups excluding tert-OH is 1. The molecule has 2 aliphatic heterocycles. The summed E-state index contributed by atoms with van der Waals surface area (Å²) in [7, 11) is 3.96. The van der Waals surface area contributed by atoms with Gasteiger partial charge in [0, 0.05) is 17.0 Å². The number of piperidine rings is 1. The first kappa shape index (κ1) is 18.1. The van der Waals surface area contributed by atoms with Crippen LogP contribution in [0.4, 0.5) is 0 Å². The van der Waals surface area contributed by atoms with Crippen LogP contribution in [0.3, 0.4) is 0 Å². The van der Waals surface area contributed by atoms with Gasteiger partial charge in [-0.3, -0.25) is 0 Å². The molecule has 2 fully saturated rings. The van der Waals surface area contributed by atoms with Gasteiger partial charge in [0.15, 0.2) is 11.5 Å². The molecule has 1 spiro atoms. The smallest absolute Gasteiger partial charge is 0.165 e. The molecule has 6 heteroatoms. The number of aliphatic hydroxyl groups is 1. The number of hydrogen-bond acceptors (Lipinski definition) is 4. The van der Waals surface area contributed by atoms with Crippen molar-refractivity contribution in [1.29, 1.82) is 0 Å². The van der Waals surface area contributed by atoms with E-state index in [0.29, 0.717) is 12.0 Å². The number of hydrogen-bond donors (Lipinski definition) is 1. The lowest BCUT2D eigenvalue weighted by Crippen LogP contribution is -2.66. The summed E-state index contributed by atoms with van der Waals surface area (Å²) >= 11 is 0. The minimum absolute atomic E-state index is 0. The lowest BCUT2D eigenvalue weighted by Gasteiger charge is -2.58. The minimum Gasteiger partial charge on any atom is -0.493 e. The highest BCUT2D eigenvalue weighted by Crippen LogP contribution is 2.63. The van der Waals surface area contributed by atoms with Gasteiger partial charge in [0.1, 0.15) is 6.10 Å². The molecule has 4 aliphatic rings. The van der Waals surface area contributed by atoms with Gasteiger partial charge in [-0.15, -0.1) is 24.8 Å². The highest BCUT2D eigenvalue weighted by molar-refractivity contribution is 5.85. The fourth-order valence-electron chi connectivity index (χ4n) is 5.86. The maximum atomic E-state index is 10.6. The average Bonchev–Trinajstić information content (AvgIpc) is 2.88. The quantitative estimate of drug-likeness (QED) is 0.821. The van der Waals surface area contributed by atoms with E-state index in [9.17, 15) is 5.11 Å². The molecule has 5 atom stereocenters. The predicted molar refractivity (Wildman–Crippen MR) is 97.1 cm³/mol. The lowest BCUT2D eigenvalue weighted by molar-refractivity contribution is -0.0993. The van der Waals surface area contributed by atoms with Gasteiger partial charge >= 0.3 is 0 Å². The van der Waals surface area contributed by atoms with Crippen LogP contribution in [0.5, 0.6) is 11.5 Å². The van der Waals surface area contributed by atoms with Crippen molar-refractivity contribution in [1.82, 2.24) is 4.90 Å². The number of likely N-dealkylation sites (tertiary alicyclic amines) is 1. The van der Waals surface area contributed by atoms with E-state index in [0.717, 1.165) is 43.7 Å². The van der Waals surface area contributed by atoms with Crippen molar-refractivity contribution in [3.8, 4) is 11.5 Å². The van der Waals surface area contributed by atoms with Crippen LogP contribution >= 0.6 is 24.8 Å². The van der Waals surface area contributed by atoms with E-state index in [4.69, 9.17) is 9.47 Å². The van der Waals surface area contributed by atoms with Crippen molar-refractivity contribution in [2.45, 2.75) is 49.3 Å². The Kier molecular flexibility index (Phi) is 4.49. The number of benzene rings is 1. The number of rotatable bonds is 1. The monoisotopic (exact) mass is 373 g/mol. The first-order chi connectivity index (χ1) is 10.7. The lowest BCUT2D eigenvalue weighted by atomic mass is 9.51. The Hall–Kier alpha value is -0.680. The summed E-state index contributed by atoms with van der Waals surface area (Å²) in [5, 5.41) is 10.6. The molecule has 2 bridgehead atoms. The predicted octanol–water partition coefficient (Wildman–Crippen LogP) is 2.57. The molecule has 24 heavy (non-hydrogen) atoms. The number of methoxy groups -OCH3 is 1. The summed E-state index contributed by atoms with van der Waals surface area (Å²) in [5.74, 6) is 2.34. The highest BCUT2D eigenvalue weighted by atomic mass is 35.5. The Morgan fingerprint density at radius 2 is 2.08 bits per heavy atom. The van der Waals surface area contributed by atoms with Crippen molar-refractivity contribution in [2.75, 3.05) is 20.7 Å². The van der Waals surface area contributed by atoms with Crippen LogP contribution in [0.25, 0.3) is 0 Å². The molecule has 2 aliphatic carbocycles. The Morgan fingerprint density at radius 3 is 2.83 bits per heavy atom. The zero-order valence-corrected chi connectivity index (χ0v) is 15.7. The van der Waals surface area contributed by atoms with Crippen LogP contribution in [0.1, 0.15) is 30.4 Å². The number of halogens is 2. The molecule has 0 amide bonds. The number of ether oxygens (including phenoxy) is 2. The van der Waals surface area contributed by atoms with Gasteiger partial charge in [-0.05, 0) is 56.8 Å². The fourth-order valence-corrected chi connectivity index (χ4v) is 5.86. The van der Waals surface area contributed by atoms with Crippen LogP contribution < -0.4 is 9.47 Å². The molecule has 1 saturated heterocycles. The van der Waals surface area contributed by atoms with E-state index in [1.807, 2.05) is 6.07 Å². The zero-order chi connectivity index (χ0) is 15.1. The van der Waals surface area contributed by atoms with Crippen molar-refractivity contribution >= 4 is 24.8 Å². The topological polar surface area (TPSA) is 41.9 Å². The first-order valence-corrected chi connectivity index (χ1v) is 8.42. The standard InChI is InChI=1S/C18H23NO3.2ClH/c1-19-8-7-18-11-4-5-13(20)17(18)22-16-14(21-2)6-3-10(15(16)18)9-12(11)19;;/h3,6,11-13,17,20H,4-5,7-9H2,1-2H3;2*1H/t11-,12+,13-,17-,18-;;/m0../s1. The Balaban J connectivity index is 0.000000845. The van der Waals surface area contributed by atoms with Crippen molar-refractivity contribution < 1.29 is 14.6 Å². The Morgan fingerprint density at radius 1 is 1.29 bits per heavy atom. The second-order valence-corrected chi connectivity index (χ2v) is 7.46. The van der Waals surface area contributed by atoms with Gasteiger partial charge in [-0.2, -0.15) is 0 Å². The van der Waals surface area contributed by atoms with E-state index in [1.165, 1.54) is 11.1 Å². The summed E-state index contributed by atoms with van der Waals surface area (Å²) in [6, 6.07) is 4.83. The average molecular weight is 374 g/mol. The third-order valence-electron chi connectivity index (χ3n) is 6.77. The maximum absolute atomic E-state index is 10.6. The van der Waals surface area contributed by atoms with Gasteiger partial charge in [0.05, 0.1) is 13.2 Å². The van der Waals surface area contributed by atoms with E-state index >= 15 is 0 Å². The Labute approximate surface area is 155 Å². The second-order valence-electron chi connectivity index (χ2n) is 7.46. The van der Waals surface area contributed by atoms with Crippen LogP contribution in [0.2, 0.25) is 0 Å². The molecule has 5 rings (SSSR count). The van der Waals surface area contributed by atoms with Crippen LogP contribution in [-0.2, 0) is 11.8 Å². The SMILES string of the molecule is COc1ccc2c3c1O[C@H]1[C@@H](O)CC[C@H]4[C@@H](C2)N(C)CC[C@@]341.Cl.Cl. The van der Waals surface area contributed by atoms with Crippen molar-refractivity contribution in [2.24, 2.45) is 5.92 Å². The third-order valence-corrected chi connectivity index (χ3v) is 6.77. The van der Waals surface area contributed by atoms with Gasteiger partial charge < -0.3 is 19.5 Å². The molecule has 4 nitrogen and oxygen atoms in total. The molecule has 0 aromatic heterocycles. The molecular formula is C18H25Cl2NO3. The molecule has 1 aromatic carbocycles. The molecule has 134 valence electrons. The molecular weight excluding hydrogens is 349 g/mol. The normalized spacial score (nSPS) is 38.3. The van der Waals surface area contributed by atoms with E-state index in [-0.39, 0.29) is 42.4 Å². The Bertz CT molecular complexity index is 655. The van der Waals surface area contributed by atoms with Gasteiger partial charge in [-0.1, -0.05) is 6.07 Å². The van der Waals surface area contributed by atoms with E-state index < -0.39 is 0 Å². The molecule has 1 saturated carbocycles. The van der Waals surface area contributed by atoms with E-state index in [2.05, 4.69) is 18.0 Å². The van der Waals surface area contributed by atoms with Crippen LogP contribution in [-0.4, -0.2) is 49.0 Å². The van der Waals surface area contributed by atoms with Crippen LogP contribution in [0, 0.1) is 5.92 Å². The summed E-state index contributed by atoms with van der Waals surface area (Å²) in [5.41, 5.74) is 2.77. The summed E-state index contributed by atoms with van der Waals surface area (Å²) in [6.07, 6.45) is 3.69. The second kappa shape index (κ2) is 5.94. The van der Waals surface area contributed by atoms with Crippen molar-refractivity contribution in [3.63, 3.8) is 0 Å². The number of likely N-dealkylation sites (N-methyl/N-ethyl adjacent to an activating group) is 1. The van der Waals surface area contributed by atoms with Gasteiger partial charge in [0.25, 0.3) is 0 Å². The third kappa shape index (κ3) is 1.94. The zero-order valence-electron chi connectivity index (χ0n) is 14.0. The molecule has 0 unspecified atom stereocenters. The largest absolute Gasteiger partial charge is 0.493 e. The van der Waals surface area contributed by atoms with Crippen LogP contribution in [0.15, 0.2) is 12.1 Å². The molecule has 1 aromatic rings. The highest BCUT2D eigenvalue weighted by Gasteiger charge is 2.65. The van der Waals surface area contributed by atoms with Gasteiger partial charge in [0.2, 0.25) is 0 Å². The van der Waals surface area contributed by atoms with Crippen molar-refractivity contribution in [3.05, 3.63) is 23.3 Å². The first-order valence-electron chi connectivity index (χ1n) is 8.42. The molecule has 2 heterocycles. The number of nitrogens with zero attached hydrogens (tertiary/aromatic N) is 1. The molecule has 1 N–H and O–H groups in total. The maximum Gasteiger partial charge on any atom is 0.165 e. The summed E-state index contributed by atoms with van der Waals surface area (Å²) < 4.78 is 11.9. The molecule has 0 radical (unpaired) electrons. The van der Waals surface area contributed by atoms with E-state index in [1.54, 1.807) is 7.11 Å². The minimum atomic E-state index is -0.358. The fraction of sp³-hybridized carbons (Fsp3) is 0.667. The summed E-state index contributed by atoms with van der Waals surface area (Å²) in [6.45, 7) is 1.09.